The zero-order chi connectivity index (χ0) is 25.2. The van der Waals surface area contributed by atoms with Crippen LogP contribution in [-0.4, -0.2) is 28.5 Å². The average molecular weight is 481 g/mol. The summed E-state index contributed by atoms with van der Waals surface area (Å²) in [6.07, 6.45) is -2.64. The highest BCUT2D eigenvalue weighted by molar-refractivity contribution is 6.04. The maximum absolute atomic E-state index is 13.4. The Hall–Kier alpha value is -3.64. The molecule has 7 nitrogen and oxygen atoms in total. The van der Waals surface area contributed by atoms with E-state index in [0.29, 0.717) is 41.6 Å². The highest BCUT2D eigenvalue weighted by Gasteiger charge is 2.53. The molecule has 5 rings (SSSR count). The average Bonchev–Trinajstić information content (AvgIpc) is 3.42. The molecule has 1 aliphatic heterocycles. The Morgan fingerprint density at radius 1 is 1.17 bits per heavy atom. The SMILES string of the molecule is CC(C)(C)c1cc2c(C#N)c(NC(=O)C3(c4ccc5c(c4)OC(F)(F)O5)CC3)ccc2n1CCO. The molecule has 182 valence electrons. The van der Waals surface area contributed by atoms with E-state index in [0.717, 1.165) is 11.2 Å². The van der Waals surface area contributed by atoms with E-state index >= 15 is 0 Å². The lowest BCUT2D eigenvalue weighted by Crippen LogP contribution is -2.28. The van der Waals surface area contributed by atoms with Crippen molar-refractivity contribution < 1.29 is 28.2 Å². The molecule has 0 unspecified atom stereocenters. The van der Waals surface area contributed by atoms with Crippen molar-refractivity contribution in [1.29, 1.82) is 5.26 Å². The fourth-order valence-corrected chi connectivity index (χ4v) is 4.78. The Labute approximate surface area is 200 Å². The van der Waals surface area contributed by atoms with Crippen molar-refractivity contribution >= 4 is 22.5 Å². The van der Waals surface area contributed by atoms with Crippen LogP contribution in [0.2, 0.25) is 0 Å². The van der Waals surface area contributed by atoms with Crippen LogP contribution in [0.3, 0.4) is 0 Å². The van der Waals surface area contributed by atoms with Crippen LogP contribution in [0.25, 0.3) is 10.9 Å². The van der Waals surface area contributed by atoms with Gasteiger partial charge in [-0.25, -0.2) is 0 Å². The molecule has 1 aromatic heterocycles. The summed E-state index contributed by atoms with van der Waals surface area (Å²) in [5, 5.41) is 23.2. The molecule has 1 fully saturated rings. The molecule has 2 N–H and O–H groups in total. The minimum atomic E-state index is -3.73. The smallest absolute Gasteiger partial charge is 0.395 e. The predicted octanol–water partition coefficient (Wildman–Crippen LogP) is 4.79. The Kier molecular flexibility index (Phi) is 5.08. The van der Waals surface area contributed by atoms with Gasteiger partial charge in [-0.15, -0.1) is 8.78 Å². The number of rotatable bonds is 5. The van der Waals surface area contributed by atoms with Gasteiger partial charge in [0.1, 0.15) is 6.07 Å². The van der Waals surface area contributed by atoms with Crippen LogP contribution in [0.4, 0.5) is 14.5 Å². The lowest BCUT2D eigenvalue weighted by molar-refractivity contribution is -0.286. The Balaban J connectivity index is 1.49. The summed E-state index contributed by atoms with van der Waals surface area (Å²) in [5.74, 6) is -0.496. The molecule has 0 radical (unpaired) electrons. The topological polar surface area (TPSA) is 96.5 Å². The van der Waals surface area contributed by atoms with Gasteiger partial charge in [-0.1, -0.05) is 26.8 Å². The lowest BCUT2D eigenvalue weighted by atomic mass is 9.91. The number of aliphatic hydroxyl groups is 1. The number of benzene rings is 2. The molecule has 0 bridgehead atoms. The normalized spacial score (nSPS) is 17.3. The van der Waals surface area contributed by atoms with Crippen LogP contribution < -0.4 is 14.8 Å². The first-order chi connectivity index (χ1) is 16.5. The van der Waals surface area contributed by atoms with Crippen molar-refractivity contribution in [2.75, 3.05) is 11.9 Å². The lowest BCUT2D eigenvalue weighted by Gasteiger charge is -2.21. The molecule has 2 heterocycles. The molecule has 0 atom stereocenters. The van der Waals surface area contributed by atoms with Gasteiger partial charge < -0.3 is 24.5 Å². The van der Waals surface area contributed by atoms with Crippen LogP contribution >= 0.6 is 0 Å². The number of ether oxygens (including phenoxy) is 2. The third kappa shape index (κ3) is 3.78. The van der Waals surface area contributed by atoms with Crippen LogP contribution in [0.5, 0.6) is 11.5 Å². The number of nitrogens with one attached hydrogen (secondary N) is 1. The fraction of sp³-hybridized carbons (Fsp3) is 0.385. The van der Waals surface area contributed by atoms with Gasteiger partial charge in [0.15, 0.2) is 11.5 Å². The minimum Gasteiger partial charge on any atom is -0.395 e. The van der Waals surface area contributed by atoms with Crippen molar-refractivity contribution in [2.45, 2.75) is 57.3 Å². The first-order valence-corrected chi connectivity index (χ1v) is 11.4. The molecule has 1 saturated carbocycles. The van der Waals surface area contributed by atoms with E-state index < -0.39 is 11.7 Å². The molecule has 0 saturated heterocycles. The zero-order valence-electron chi connectivity index (χ0n) is 19.6. The zero-order valence-corrected chi connectivity index (χ0v) is 19.6. The molecule has 1 amide bonds. The molecule has 2 aromatic carbocycles. The molecule has 9 heteroatoms. The summed E-state index contributed by atoms with van der Waals surface area (Å²) < 4.78 is 37.8. The summed E-state index contributed by atoms with van der Waals surface area (Å²) in [6.45, 7) is 6.52. The molecule has 0 spiro atoms. The summed E-state index contributed by atoms with van der Waals surface area (Å²) in [5.41, 5.74) is 1.92. The first-order valence-electron chi connectivity index (χ1n) is 11.4. The van der Waals surface area contributed by atoms with E-state index in [9.17, 15) is 23.9 Å². The number of nitriles is 1. The maximum atomic E-state index is 13.4. The second-order valence-corrected chi connectivity index (χ2v) is 10.1. The van der Waals surface area contributed by atoms with Crippen LogP contribution in [-0.2, 0) is 22.2 Å². The number of aliphatic hydroxyl groups excluding tert-OH is 1. The Morgan fingerprint density at radius 3 is 2.51 bits per heavy atom. The fourth-order valence-electron chi connectivity index (χ4n) is 4.78. The number of carbonyl (C=O) groups excluding carboxylic acids is 1. The van der Waals surface area contributed by atoms with E-state index in [1.807, 2.05) is 16.7 Å². The quantitative estimate of drug-likeness (QED) is 0.546. The number of hydrogen-bond donors (Lipinski definition) is 2. The van der Waals surface area contributed by atoms with Crippen molar-refractivity contribution in [3.8, 4) is 17.6 Å². The number of anilines is 1. The van der Waals surface area contributed by atoms with E-state index in [-0.39, 0.29) is 29.4 Å². The van der Waals surface area contributed by atoms with Gasteiger partial charge in [0.2, 0.25) is 5.91 Å². The van der Waals surface area contributed by atoms with Crippen LogP contribution in [0, 0.1) is 11.3 Å². The van der Waals surface area contributed by atoms with Gasteiger partial charge in [0, 0.05) is 28.6 Å². The molecule has 1 aliphatic carbocycles. The van der Waals surface area contributed by atoms with Crippen molar-refractivity contribution in [3.63, 3.8) is 0 Å². The monoisotopic (exact) mass is 481 g/mol. The van der Waals surface area contributed by atoms with Crippen LogP contribution in [0.15, 0.2) is 36.4 Å². The second-order valence-electron chi connectivity index (χ2n) is 10.1. The molecular weight excluding hydrogens is 456 g/mol. The van der Waals surface area contributed by atoms with E-state index in [1.54, 1.807) is 12.1 Å². The molecule has 3 aromatic rings. The number of alkyl halides is 2. The number of carbonyl (C=O) groups is 1. The highest BCUT2D eigenvalue weighted by atomic mass is 19.3. The summed E-state index contributed by atoms with van der Waals surface area (Å²) in [7, 11) is 0. The number of hydrogen-bond acceptors (Lipinski definition) is 5. The van der Waals surface area contributed by atoms with Gasteiger partial charge in [-0.3, -0.25) is 4.79 Å². The Morgan fingerprint density at radius 2 is 1.89 bits per heavy atom. The van der Waals surface area contributed by atoms with Crippen molar-refractivity contribution in [1.82, 2.24) is 4.57 Å². The first kappa shape index (κ1) is 23.1. The van der Waals surface area contributed by atoms with Crippen LogP contribution in [0.1, 0.15) is 50.4 Å². The minimum absolute atomic E-state index is 0.0444. The maximum Gasteiger partial charge on any atom is 0.586 e. The third-order valence-corrected chi connectivity index (χ3v) is 6.68. The predicted molar refractivity (Wildman–Crippen MR) is 125 cm³/mol. The summed E-state index contributed by atoms with van der Waals surface area (Å²) in [6, 6.07) is 12.1. The molecule has 2 aliphatic rings. The van der Waals surface area contributed by atoms with E-state index in [2.05, 4.69) is 41.6 Å². The number of nitrogens with zero attached hydrogens (tertiary/aromatic N) is 2. The largest absolute Gasteiger partial charge is 0.586 e. The van der Waals surface area contributed by atoms with Gasteiger partial charge in [0.25, 0.3) is 0 Å². The van der Waals surface area contributed by atoms with Gasteiger partial charge in [-0.05, 0) is 48.7 Å². The van der Waals surface area contributed by atoms with E-state index in [4.69, 9.17) is 0 Å². The molecule has 35 heavy (non-hydrogen) atoms. The number of fused-ring (bicyclic) bond motifs is 2. The highest BCUT2D eigenvalue weighted by Crippen LogP contribution is 2.52. The number of amides is 1. The number of halogens is 2. The van der Waals surface area contributed by atoms with Gasteiger partial charge in [0.05, 0.1) is 23.3 Å². The molecular formula is C26H25F2N3O4. The van der Waals surface area contributed by atoms with E-state index in [1.165, 1.54) is 12.1 Å². The van der Waals surface area contributed by atoms with Crippen molar-refractivity contribution in [3.05, 3.63) is 53.2 Å². The van der Waals surface area contributed by atoms with Gasteiger partial charge in [-0.2, -0.15) is 5.26 Å². The van der Waals surface area contributed by atoms with Crippen molar-refractivity contribution in [2.24, 2.45) is 0 Å². The summed E-state index contributed by atoms with van der Waals surface area (Å²) in [4.78, 5) is 13.4. The standard InChI is InChI=1S/C26H25F2N3O4/c1-24(2,3)22-13-16-17(14-29)18(5-6-19(16)31(22)10-11-32)30-23(33)25(8-9-25)15-4-7-20-21(12-15)35-26(27,28)34-20/h4-7,12-13,32H,8-11H2,1-3H3,(H,30,33). The third-order valence-electron chi connectivity index (χ3n) is 6.68. The number of aromatic nitrogens is 1. The summed E-state index contributed by atoms with van der Waals surface area (Å²) >= 11 is 0. The second kappa shape index (κ2) is 7.68. The Bertz CT molecular complexity index is 1390. The van der Waals surface area contributed by atoms with Gasteiger partial charge >= 0.3 is 6.29 Å².